The fourth-order valence-electron chi connectivity index (χ4n) is 2.70. The summed E-state index contributed by atoms with van der Waals surface area (Å²) in [5, 5.41) is 0. The molecule has 20 heavy (non-hydrogen) atoms. The molecule has 0 saturated heterocycles. The average Bonchev–Trinajstić information content (AvgIpc) is 3.05. The molecule has 0 amide bonds. The molecule has 108 valence electrons. The first-order chi connectivity index (χ1) is 9.36. The molecule has 3 nitrogen and oxygen atoms in total. The molecule has 0 bridgehead atoms. The van der Waals surface area contributed by atoms with E-state index in [-0.39, 0.29) is 6.04 Å². The van der Waals surface area contributed by atoms with Gasteiger partial charge in [-0.2, -0.15) is 13.2 Å². The fraction of sp³-hybridized carbons (Fsp3) is 0.500. The molecular weight excluding hydrogens is 267 g/mol. The van der Waals surface area contributed by atoms with Crippen molar-refractivity contribution in [1.82, 2.24) is 9.55 Å². The zero-order valence-corrected chi connectivity index (χ0v) is 11.1. The summed E-state index contributed by atoms with van der Waals surface area (Å²) in [6, 6.07) is 4.51. The number of nitrogen functional groups attached to an aromatic ring is 1. The number of fused-ring (bicyclic) bond motifs is 1. The molecule has 1 aromatic heterocycles. The predicted octanol–water partition coefficient (Wildman–Crippen LogP) is 4.00. The number of benzene rings is 1. The number of rotatable bonds is 3. The van der Waals surface area contributed by atoms with Gasteiger partial charge in [0.2, 0.25) is 5.82 Å². The van der Waals surface area contributed by atoms with E-state index in [4.69, 9.17) is 5.73 Å². The molecule has 1 unspecified atom stereocenters. The second-order valence-electron chi connectivity index (χ2n) is 5.58. The van der Waals surface area contributed by atoms with Crippen molar-refractivity contribution < 1.29 is 13.2 Å². The summed E-state index contributed by atoms with van der Waals surface area (Å²) in [5.41, 5.74) is 6.86. The summed E-state index contributed by atoms with van der Waals surface area (Å²) < 4.78 is 40.9. The van der Waals surface area contributed by atoms with Crippen LogP contribution in [-0.2, 0) is 6.18 Å². The Bertz CT molecular complexity index is 641. The van der Waals surface area contributed by atoms with Crippen molar-refractivity contribution in [3.8, 4) is 0 Å². The van der Waals surface area contributed by atoms with Gasteiger partial charge in [-0.1, -0.05) is 12.8 Å². The molecule has 1 atom stereocenters. The standard InChI is InChI=1S/C14H16F3N3/c1-8(6-9-2-3-9)20-12-5-4-10(18)7-11(12)19-13(20)14(15,16)17/h4-5,7-9H,2-3,6,18H2,1H3. The van der Waals surface area contributed by atoms with Crippen molar-refractivity contribution in [1.29, 1.82) is 0 Å². The van der Waals surface area contributed by atoms with Gasteiger partial charge in [-0.3, -0.25) is 0 Å². The van der Waals surface area contributed by atoms with Crippen LogP contribution in [0.25, 0.3) is 11.0 Å². The normalized spacial score (nSPS) is 17.6. The van der Waals surface area contributed by atoms with E-state index < -0.39 is 12.0 Å². The molecular formula is C14H16F3N3. The molecule has 1 heterocycles. The molecule has 1 aromatic carbocycles. The Balaban J connectivity index is 2.14. The zero-order chi connectivity index (χ0) is 14.5. The lowest BCUT2D eigenvalue weighted by Crippen LogP contribution is -2.18. The summed E-state index contributed by atoms with van der Waals surface area (Å²) in [7, 11) is 0. The van der Waals surface area contributed by atoms with Crippen LogP contribution in [0.2, 0.25) is 0 Å². The molecule has 0 aliphatic heterocycles. The van der Waals surface area contributed by atoms with Gasteiger partial charge in [0.25, 0.3) is 0 Å². The minimum atomic E-state index is -4.45. The maximum atomic E-state index is 13.2. The van der Waals surface area contributed by atoms with Gasteiger partial charge in [0.1, 0.15) is 0 Å². The van der Waals surface area contributed by atoms with E-state index in [9.17, 15) is 13.2 Å². The molecule has 3 rings (SSSR count). The van der Waals surface area contributed by atoms with E-state index in [2.05, 4.69) is 4.98 Å². The first-order valence-electron chi connectivity index (χ1n) is 6.71. The Kier molecular flexibility index (Phi) is 2.92. The third-order valence-electron chi connectivity index (χ3n) is 3.78. The monoisotopic (exact) mass is 283 g/mol. The molecule has 2 aromatic rings. The number of halogens is 3. The van der Waals surface area contributed by atoms with Gasteiger partial charge in [-0.25, -0.2) is 4.98 Å². The van der Waals surface area contributed by atoms with E-state index in [1.165, 1.54) is 10.6 Å². The van der Waals surface area contributed by atoms with Gasteiger partial charge >= 0.3 is 6.18 Å². The van der Waals surface area contributed by atoms with E-state index in [1.54, 1.807) is 12.1 Å². The summed E-state index contributed by atoms with van der Waals surface area (Å²) in [6.07, 6.45) is -1.46. The highest BCUT2D eigenvalue weighted by Crippen LogP contribution is 2.40. The maximum absolute atomic E-state index is 13.2. The molecule has 0 radical (unpaired) electrons. The number of aromatic nitrogens is 2. The SMILES string of the molecule is CC(CC1CC1)n1c(C(F)(F)F)nc2cc(N)ccc21. The van der Waals surface area contributed by atoms with Crippen molar-refractivity contribution in [3.05, 3.63) is 24.0 Å². The van der Waals surface area contributed by atoms with Gasteiger partial charge in [-0.15, -0.1) is 0 Å². The molecule has 2 N–H and O–H groups in total. The summed E-state index contributed by atoms with van der Waals surface area (Å²) in [5.74, 6) is -0.274. The lowest BCUT2D eigenvalue weighted by atomic mass is 10.1. The molecule has 6 heteroatoms. The quantitative estimate of drug-likeness (QED) is 0.865. The van der Waals surface area contributed by atoms with Gasteiger partial charge in [0, 0.05) is 11.7 Å². The number of anilines is 1. The Morgan fingerprint density at radius 2 is 2.10 bits per heavy atom. The lowest BCUT2D eigenvalue weighted by molar-refractivity contribution is -0.147. The Morgan fingerprint density at radius 1 is 1.40 bits per heavy atom. The molecule has 1 saturated carbocycles. The third-order valence-corrected chi connectivity index (χ3v) is 3.78. The number of hydrogen-bond donors (Lipinski definition) is 1. The zero-order valence-electron chi connectivity index (χ0n) is 11.1. The topological polar surface area (TPSA) is 43.8 Å². The number of nitrogens with two attached hydrogens (primary N) is 1. The van der Waals surface area contributed by atoms with Crippen LogP contribution < -0.4 is 5.73 Å². The van der Waals surface area contributed by atoms with Gasteiger partial charge in [0.15, 0.2) is 0 Å². The van der Waals surface area contributed by atoms with Crippen LogP contribution in [0.15, 0.2) is 18.2 Å². The van der Waals surface area contributed by atoms with Crippen molar-refractivity contribution >= 4 is 16.7 Å². The van der Waals surface area contributed by atoms with Crippen LogP contribution >= 0.6 is 0 Å². The number of imidazole rings is 1. The smallest absolute Gasteiger partial charge is 0.399 e. The number of hydrogen-bond acceptors (Lipinski definition) is 2. The summed E-state index contributed by atoms with van der Waals surface area (Å²) in [6.45, 7) is 1.82. The van der Waals surface area contributed by atoms with Crippen LogP contribution in [0.5, 0.6) is 0 Å². The number of alkyl halides is 3. The molecule has 0 spiro atoms. The summed E-state index contributed by atoms with van der Waals surface area (Å²) >= 11 is 0. The highest BCUT2D eigenvalue weighted by Gasteiger charge is 2.39. The van der Waals surface area contributed by atoms with Crippen LogP contribution in [0.3, 0.4) is 0 Å². The van der Waals surface area contributed by atoms with Crippen LogP contribution in [-0.4, -0.2) is 9.55 Å². The van der Waals surface area contributed by atoms with Crippen LogP contribution in [0.1, 0.15) is 38.1 Å². The average molecular weight is 283 g/mol. The van der Waals surface area contributed by atoms with E-state index in [1.807, 2.05) is 6.92 Å². The molecule has 1 aliphatic rings. The molecule has 1 aliphatic carbocycles. The second-order valence-corrected chi connectivity index (χ2v) is 5.58. The van der Waals surface area contributed by atoms with E-state index >= 15 is 0 Å². The fourth-order valence-corrected chi connectivity index (χ4v) is 2.70. The largest absolute Gasteiger partial charge is 0.449 e. The minimum absolute atomic E-state index is 0.215. The Labute approximate surface area is 114 Å². The second kappa shape index (κ2) is 4.40. The third kappa shape index (κ3) is 2.34. The first-order valence-corrected chi connectivity index (χ1v) is 6.71. The minimum Gasteiger partial charge on any atom is -0.399 e. The van der Waals surface area contributed by atoms with E-state index in [0.29, 0.717) is 22.6 Å². The maximum Gasteiger partial charge on any atom is 0.449 e. The highest BCUT2D eigenvalue weighted by molar-refractivity contribution is 5.80. The van der Waals surface area contributed by atoms with Crippen molar-refractivity contribution in [2.45, 2.75) is 38.4 Å². The van der Waals surface area contributed by atoms with Gasteiger partial charge < -0.3 is 10.3 Å². The van der Waals surface area contributed by atoms with Crippen LogP contribution in [0, 0.1) is 5.92 Å². The van der Waals surface area contributed by atoms with Gasteiger partial charge in [0.05, 0.1) is 11.0 Å². The van der Waals surface area contributed by atoms with E-state index in [0.717, 1.165) is 19.3 Å². The predicted molar refractivity (Wildman–Crippen MR) is 71.2 cm³/mol. The Morgan fingerprint density at radius 3 is 2.70 bits per heavy atom. The Hall–Kier alpha value is -1.72. The highest BCUT2D eigenvalue weighted by atomic mass is 19.4. The molecule has 1 fully saturated rings. The lowest BCUT2D eigenvalue weighted by Gasteiger charge is -2.18. The van der Waals surface area contributed by atoms with Crippen molar-refractivity contribution in [2.75, 3.05) is 5.73 Å². The van der Waals surface area contributed by atoms with Crippen molar-refractivity contribution in [3.63, 3.8) is 0 Å². The van der Waals surface area contributed by atoms with Gasteiger partial charge in [-0.05, 0) is 37.5 Å². The first kappa shape index (κ1) is 13.3. The van der Waals surface area contributed by atoms with Crippen molar-refractivity contribution in [2.24, 2.45) is 5.92 Å². The van der Waals surface area contributed by atoms with Crippen LogP contribution in [0.4, 0.5) is 18.9 Å². The number of nitrogens with zero attached hydrogens (tertiary/aromatic N) is 2. The summed E-state index contributed by atoms with van der Waals surface area (Å²) in [4.78, 5) is 3.75.